The molecule has 14 N–H and O–H groups in total. The van der Waals surface area contributed by atoms with E-state index in [1.165, 1.54) is 6.92 Å². The van der Waals surface area contributed by atoms with Gasteiger partial charge in [-0.1, -0.05) is 71.9 Å². The summed E-state index contributed by atoms with van der Waals surface area (Å²) < 4.78 is 5.45. The van der Waals surface area contributed by atoms with Crippen LogP contribution in [-0.4, -0.2) is 126 Å². The van der Waals surface area contributed by atoms with Crippen LogP contribution in [0, 0.1) is 17.8 Å². The van der Waals surface area contributed by atoms with E-state index >= 15 is 0 Å². The highest BCUT2D eigenvalue weighted by molar-refractivity contribution is 6.00. The number of nitrogens with one attached hydrogen (secondary N) is 7. The van der Waals surface area contributed by atoms with E-state index < -0.39 is 114 Å². The normalized spacial score (nSPS) is 21.6. The Kier molecular flexibility index (Phi) is 22.8. The van der Waals surface area contributed by atoms with Crippen molar-refractivity contribution in [2.75, 3.05) is 13.2 Å². The zero-order valence-electron chi connectivity index (χ0n) is 37.9. The second kappa shape index (κ2) is 26.8. The fraction of sp³-hybridized carbons (Fsp3) is 0.651. The highest BCUT2D eigenvalue weighted by Gasteiger charge is 2.42. The van der Waals surface area contributed by atoms with Crippen molar-refractivity contribution in [3.63, 3.8) is 0 Å². The Balaban J connectivity index is 2.42. The summed E-state index contributed by atoms with van der Waals surface area (Å²) in [5.74, 6) is -9.23. The molecule has 21 nitrogen and oxygen atoms in total. The summed E-state index contributed by atoms with van der Waals surface area (Å²) in [4.78, 5) is 122. The first-order valence-electron chi connectivity index (χ1n) is 21.8. The molecule has 1 aliphatic rings. The molecule has 8 amide bonds. The predicted molar refractivity (Wildman–Crippen MR) is 235 cm³/mol. The fourth-order valence-corrected chi connectivity index (χ4v) is 6.80. The van der Waals surface area contributed by atoms with Crippen molar-refractivity contribution in [2.24, 2.45) is 35.0 Å². The Morgan fingerprint density at radius 3 is 1.84 bits per heavy atom. The number of aliphatic hydroxyl groups excluding tert-OH is 1. The number of primary amides is 1. The molecule has 1 fully saturated rings. The molecule has 358 valence electrons. The standard InChI is InChI=1S/C43H70N10O11/c1-22(2)17-29-40(60)51-31(19-24(5)6)43(63)64-34(35(46)55)33(42(62)47-25(7)36(56)49-29)53-41(61)32(21-54)52-38(58)28(15-11-12-16-44)48-39(59)30(18-23(3)4)50-37(57)27(45)20-26-13-9-8-10-14-26/h8-10,13-14,22-25,27-34,54H,11-12,15-21,44-45H2,1-7H3,(H2,46,55)(H,47,62)(H,48,59)(H,49,56)(H,50,57)(H,51,60)(H,52,58)(H,53,61)/t25-,27-,28+,29-,30+,31-,32-,33+,34-/m0/s1. The van der Waals surface area contributed by atoms with E-state index in [2.05, 4.69) is 37.2 Å². The third-order valence-electron chi connectivity index (χ3n) is 10.2. The van der Waals surface area contributed by atoms with Gasteiger partial charge in [-0.15, -0.1) is 0 Å². The van der Waals surface area contributed by atoms with Crippen molar-refractivity contribution in [2.45, 2.75) is 148 Å². The van der Waals surface area contributed by atoms with Crippen molar-refractivity contribution >= 4 is 53.2 Å². The molecule has 9 atom stereocenters. The number of unbranched alkanes of at least 4 members (excludes halogenated alkanes) is 1. The molecule has 1 aromatic rings. The molecule has 0 aliphatic carbocycles. The third-order valence-corrected chi connectivity index (χ3v) is 10.2. The molecule has 1 heterocycles. The summed E-state index contributed by atoms with van der Waals surface area (Å²) in [6, 6.07) is -2.23. The second-order valence-corrected chi connectivity index (χ2v) is 17.4. The molecule has 21 heteroatoms. The van der Waals surface area contributed by atoms with Gasteiger partial charge in [-0.25, -0.2) is 4.79 Å². The van der Waals surface area contributed by atoms with Crippen LogP contribution in [0.25, 0.3) is 0 Å². The Morgan fingerprint density at radius 2 is 1.28 bits per heavy atom. The lowest BCUT2D eigenvalue weighted by atomic mass is 10.00. The smallest absolute Gasteiger partial charge is 0.329 e. The van der Waals surface area contributed by atoms with E-state index in [1.807, 2.05) is 45.9 Å². The molecule has 2 rings (SSSR count). The molecule has 0 spiro atoms. The first kappa shape index (κ1) is 54.5. The van der Waals surface area contributed by atoms with Gasteiger partial charge in [0.05, 0.1) is 12.6 Å². The summed E-state index contributed by atoms with van der Waals surface area (Å²) >= 11 is 0. The second-order valence-electron chi connectivity index (χ2n) is 17.4. The number of esters is 1. The van der Waals surface area contributed by atoms with Crippen LogP contribution in [0.5, 0.6) is 0 Å². The van der Waals surface area contributed by atoms with Crippen LogP contribution in [-0.2, 0) is 54.3 Å². The molecule has 1 aromatic carbocycles. The molecule has 1 saturated heterocycles. The molecule has 0 saturated carbocycles. The Bertz CT molecular complexity index is 1760. The van der Waals surface area contributed by atoms with Crippen LogP contribution in [0.3, 0.4) is 0 Å². The van der Waals surface area contributed by atoms with Crippen LogP contribution < -0.4 is 54.4 Å². The molecule has 1 aliphatic heterocycles. The number of aliphatic hydroxyl groups is 1. The van der Waals surface area contributed by atoms with Crippen molar-refractivity contribution in [3.05, 3.63) is 35.9 Å². The third kappa shape index (κ3) is 18.2. The zero-order chi connectivity index (χ0) is 48.3. The van der Waals surface area contributed by atoms with Gasteiger partial charge in [0.1, 0.15) is 36.3 Å². The zero-order valence-corrected chi connectivity index (χ0v) is 37.9. The van der Waals surface area contributed by atoms with Gasteiger partial charge in [0.15, 0.2) is 6.04 Å². The van der Waals surface area contributed by atoms with Gasteiger partial charge in [0.25, 0.3) is 5.91 Å². The highest BCUT2D eigenvalue weighted by Crippen LogP contribution is 2.14. The monoisotopic (exact) mass is 903 g/mol. The van der Waals surface area contributed by atoms with Gasteiger partial charge >= 0.3 is 5.97 Å². The number of carbonyl (C=O) groups is 9. The van der Waals surface area contributed by atoms with E-state index in [4.69, 9.17) is 21.9 Å². The topological polar surface area (TPSA) is 345 Å². The molecular formula is C43H70N10O11. The maximum absolute atomic E-state index is 13.9. The van der Waals surface area contributed by atoms with Crippen LogP contribution in [0.4, 0.5) is 0 Å². The SMILES string of the molecule is CC(C)C[C@@H]1NC(=O)[C@H](C)NC(=O)[C@H](NC(=O)[C@H](CO)NC(=O)[C@@H](CCCCN)NC(=O)[C@@H](CC(C)C)NC(=O)[C@@H](N)Cc2ccccc2)[C@@H](C(N)=O)OC(=O)[C@H](CC(C)C)NC1=O. The maximum Gasteiger partial charge on any atom is 0.329 e. The van der Waals surface area contributed by atoms with Crippen LogP contribution in [0.15, 0.2) is 30.3 Å². The van der Waals surface area contributed by atoms with E-state index in [0.717, 1.165) is 5.56 Å². The Labute approximate surface area is 374 Å². The Hall–Kier alpha value is -5.67. The quantitative estimate of drug-likeness (QED) is 0.0429. The predicted octanol–water partition coefficient (Wildman–Crippen LogP) is -2.36. The molecule has 64 heavy (non-hydrogen) atoms. The fourth-order valence-electron chi connectivity index (χ4n) is 6.80. The molecule has 0 aromatic heterocycles. The minimum absolute atomic E-state index is 0.00596. The highest BCUT2D eigenvalue weighted by atomic mass is 16.6. The minimum Gasteiger partial charge on any atom is -0.448 e. The van der Waals surface area contributed by atoms with Gasteiger partial charge in [-0.05, 0) is 81.7 Å². The summed E-state index contributed by atoms with van der Waals surface area (Å²) in [5, 5.41) is 27.7. The molecule has 0 radical (unpaired) electrons. The van der Waals surface area contributed by atoms with Gasteiger partial charge in [0.2, 0.25) is 47.5 Å². The number of nitrogens with two attached hydrogens (primary N) is 3. The summed E-state index contributed by atoms with van der Waals surface area (Å²) in [5.41, 5.74) is 18.3. The summed E-state index contributed by atoms with van der Waals surface area (Å²) in [6.07, 6.45) is -0.880. The number of amides is 8. The van der Waals surface area contributed by atoms with Crippen LogP contribution >= 0.6 is 0 Å². The Morgan fingerprint density at radius 1 is 0.719 bits per heavy atom. The largest absolute Gasteiger partial charge is 0.448 e. The van der Waals surface area contributed by atoms with Crippen LogP contribution in [0.2, 0.25) is 0 Å². The lowest BCUT2D eigenvalue weighted by Crippen LogP contribution is -2.64. The van der Waals surface area contributed by atoms with E-state index in [1.54, 1.807) is 26.0 Å². The number of carbonyl (C=O) groups excluding carboxylic acids is 9. The number of cyclic esters (lactones) is 1. The number of rotatable bonds is 22. The lowest BCUT2D eigenvalue weighted by Gasteiger charge is -2.29. The van der Waals surface area contributed by atoms with Crippen LogP contribution in [0.1, 0.15) is 92.6 Å². The number of ether oxygens (including phenoxy) is 1. The van der Waals surface area contributed by atoms with E-state index in [9.17, 15) is 48.3 Å². The first-order valence-corrected chi connectivity index (χ1v) is 21.8. The maximum atomic E-state index is 13.9. The number of hydrogen-bond acceptors (Lipinski definition) is 13. The van der Waals surface area contributed by atoms with Crippen molar-refractivity contribution in [1.29, 1.82) is 0 Å². The lowest BCUT2D eigenvalue weighted by molar-refractivity contribution is -0.162. The van der Waals surface area contributed by atoms with Crippen molar-refractivity contribution in [1.82, 2.24) is 37.2 Å². The average Bonchev–Trinajstić information content (AvgIpc) is 3.22. The average molecular weight is 903 g/mol. The van der Waals surface area contributed by atoms with Crippen molar-refractivity contribution < 1.29 is 53.0 Å². The van der Waals surface area contributed by atoms with E-state index in [-0.39, 0.29) is 56.4 Å². The number of hydrogen-bond donors (Lipinski definition) is 11. The molecular weight excluding hydrogens is 833 g/mol. The van der Waals surface area contributed by atoms with E-state index in [0.29, 0.717) is 12.8 Å². The molecule has 0 bridgehead atoms. The minimum atomic E-state index is -2.22. The van der Waals surface area contributed by atoms with Gasteiger partial charge < -0.3 is 64.3 Å². The van der Waals surface area contributed by atoms with Gasteiger partial charge in [-0.2, -0.15) is 0 Å². The van der Waals surface area contributed by atoms with Gasteiger partial charge in [-0.3, -0.25) is 38.4 Å². The number of benzene rings is 1. The first-order chi connectivity index (χ1) is 30.1. The molecule has 0 unspecified atom stereocenters. The summed E-state index contributed by atoms with van der Waals surface area (Å²) in [6.45, 7) is 11.3. The van der Waals surface area contributed by atoms with Gasteiger partial charge in [0, 0.05) is 0 Å². The van der Waals surface area contributed by atoms with Crippen molar-refractivity contribution in [3.8, 4) is 0 Å². The summed E-state index contributed by atoms with van der Waals surface area (Å²) in [7, 11) is 0.